The van der Waals surface area contributed by atoms with Gasteiger partial charge in [0, 0.05) is 32.5 Å². The van der Waals surface area contributed by atoms with E-state index < -0.39 is 121 Å². The highest BCUT2D eigenvalue weighted by atomic mass is 19.4. The first-order chi connectivity index (χ1) is 20.5. The first kappa shape index (κ1) is 45.6. The van der Waals surface area contributed by atoms with Crippen molar-refractivity contribution in [2.24, 2.45) is 0 Å². The van der Waals surface area contributed by atoms with Crippen molar-refractivity contribution >= 4 is 5.97 Å². The van der Waals surface area contributed by atoms with E-state index in [4.69, 9.17) is 5.11 Å². The van der Waals surface area contributed by atoms with E-state index in [9.17, 15) is 119 Å². The second-order valence-corrected chi connectivity index (χ2v) is 9.48. The number of rotatable bonds is 17. The van der Waals surface area contributed by atoms with Gasteiger partial charge in [0.15, 0.2) is 0 Å². The van der Waals surface area contributed by atoms with Gasteiger partial charge in [-0.2, -0.15) is 114 Å². The van der Waals surface area contributed by atoms with Gasteiger partial charge < -0.3 is 10.0 Å². The van der Waals surface area contributed by atoms with E-state index in [1.807, 2.05) is 0 Å². The zero-order valence-electron chi connectivity index (χ0n) is 21.9. The largest absolute Gasteiger partial charge is 0.481 e. The van der Waals surface area contributed by atoms with Crippen molar-refractivity contribution in [2.75, 3.05) is 19.6 Å². The van der Waals surface area contributed by atoms with E-state index in [1.54, 1.807) is 0 Å². The van der Waals surface area contributed by atoms with Crippen LogP contribution in [0, 0.1) is 0 Å². The normalized spacial score (nSPS) is 16.1. The summed E-state index contributed by atoms with van der Waals surface area (Å²) < 4.78 is 343. The Balaban J connectivity index is 6.47. The second-order valence-electron chi connectivity index (χ2n) is 9.48. The monoisotopic (exact) mass is 781 g/mol. The minimum Gasteiger partial charge on any atom is -0.481 e. The highest BCUT2D eigenvalue weighted by molar-refractivity contribution is 5.66. The molecule has 0 bridgehead atoms. The Bertz CT molecular complexity index is 1040. The third-order valence-electron chi connectivity index (χ3n) is 6.12. The topological polar surface area (TPSA) is 40.5 Å². The molecule has 0 rings (SSSR count). The van der Waals surface area contributed by atoms with Crippen LogP contribution in [0.2, 0.25) is 0 Å². The van der Waals surface area contributed by atoms with E-state index in [0.717, 1.165) is 0 Å². The Kier molecular flexibility index (Phi) is 12.1. The molecule has 0 amide bonds. The molecule has 0 radical (unpaired) electrons. The summed E-state index contributed by atoms with van der Waals surface area (Å²) in [6, 6.07) is 0. The van der Waals surface area contributed by atoms with Gasteiger partial charge >= 0.3 is 77.5 Å². The number of carbonyl (C=O) groups is 1. The maximum atomic E-state index is 14.0. The zero-order valence-corrected chi connectivity index (χ0v) is 21.9. The van der Waals surface area contributed by atoms with Crippen molar-refractivity contribution in [3.8, 4) is 0 Å². The number of halogens is 26. The molecule has 0 spiro atoms. The fourth-order valence-corrected chi connectivity index (χ4v) is 3.10. The molecule has 0 unspecified atom stereocenters. The molecule has 1 N–H and O–H groups in total. The fourth-order valence-electron chi connectivity index (χ4n) is 3.10. The van der Waals surface area contributed by atoms with Crippen molar-refractivity contribution in [3.63, 3.8) is 0 Å². The molecule has 0 heterocycles. The third kappa shape index (κ3) is 7.24. The van der Waals surface area contributed by atoms with E-state index in [-0.39, 0.29) is 0 Å². The van der Waals surface area contributed by atoms with Gasteiger partial charge in [0.1, 0.15) is 0 Å². The summed E-state index contributed by atoms with van der Waals surface area (Å²) in [7, 11) is 0. The minimum absolute atomic E-state index is 0.677. The number of nitrogens with zero attached hydrogens (tertiary/aromatic N) is 1. The molecule has 0 saturated carbocycles. The van der Waals surface area contributed by atoms with E-state index in [0.29, 0.717) is 0 Å². The predicted molar refractivity (Wildman–Crippen MR) is 99.5 cm³/mol. The first-order valence-corrected chi connectivity index (χ1v) is 11.4. The van der Waals surface area contributed by atoms with E-state index in [2.05, 4.69) is 0 Å². The lowest BCUT2D eigenvalue weighted by Gasteiger charge is -2.40. The van der Waals surface area contributed by atoms with Crippen LogP contribution in [-0.4, -0.2) is 107 Å². The van der Waals surface area contributed by atoms with Crippen LogP contribution in [0.25, 0.3) is 0 Å². The summed E-state index contributed by atoms with van der Waals surface area (Å²) in [5.41, 5.74) is 0. The molecule has 0 aromatic carbocycles. The summed E-state index contributed by atoms with van der Waals surface area (Å²) in [6.07, 6.45) is -23.9. The van der Waals surface area contributed by atoms with Gasteiger partial charge in [-0.05, 0) is 0 Å². The van der Waals surface area contributed by atoms with Crippen molar-refractivity contribution in [2.45, 2.75) is 90.8 Å². The van der Waals surface area contributed by atoms with Crippen molar-refractivity contribution < 1.29 is 124 Å². The highest BCUT2D eigenvalue weighted by Gasteiger charge is 2.92. The third-order valence-corrected chi connectivity index (χ3v) is 6.12. The van der Waals surface area contributed by atoms with Gasteiger partial charge in [0.25, 0.3) is 0 Å². The molecule has 0 atom stereocenters. The van der Waals surface area contributed by atoms with Gasteiger partial charge in [-0.1, -0.05) is 0 Å². The standard InChI is InChI=1S/C19H13F26NO2/c20-8(21,10(24,25)12(28,29)14(32,33)16(36,37)18(40,41)42)2-5-46(4-1-7(47)48)6-3-9(22,23)11(26,27)13(30,31)15(34,35)17(38,39)19(43,44)45/h1-6H2,(H,47,48). The van der Waals surface area contributed by atoms with Crippen LogP contribution in [0.3, 0.4) is 0 Å². The van der Waals surface area contributed by atoms with Gasteiger partial charge in [-0.3, -0.25) is 4.79 Å². The Labute approximate surface area is 246 Å². The van der Waals surface area contributed by atoms with Crippen LogP contribution in [0.1, 0.15) is 19.3 Å². The van der Waals surface area contributed by atoms with Crippen LogP contribution in [0.4, 0.5) is 114 Å². The number of carboxylic acid groups (broad SMARTS) is 1. The molecular formula is C19H13F26NO2. The van der Waals surface area contributed by atoms with Crippen molar-refractivity contribution in [1.29, 1.82) is 0 Å². The molecule has 29 heteroatoms. The Morgan fingerprint density at radius 3 is 0.812 bits per heavy atom. The molecule has 48 heavy (non-hydrogen) atoms. The predicted octanol–water partition coefficient (Wildman–Crippen LogP) is 9.02. The lowest BCUT2D eigenvalue weighted by atomic mass is 9.92. The van der Waals surface area contributed by atoms with Gasteiger partial charge in [0.2, 0.25) is 0 Å². The minimum atomic E-state index is -8.40. The Morgan fingerprint density at radius 1 is 0.375 bits per heavy atom. The maximum absolute atomic E-state index is 14.0. The molecule has 0 saturated heterocycles. The summed E-state index contributed by atoms with van der Waals surface area (Å²) >= 11 is 0. The van der Waals surface area contributed by atoms with Gasteiger partial charge in [-0.25, -0.2) is 0 Å². The van der Waals surface area contributed by atoms with E-state index >= 15 is 0 Å². The van der Waals surface area contributed by atoms with Crippen LogP contribution in [0.15, 0.2) is 0 Å². The Morgan fingerprint density at radius 2 is 0.604 bits per heavy atom. The Hall–Kier alpha value is -2.39. The van der Waals surface area contributed by atoms with Crippen LogP contribution in [0.5, 0.6) is 0 Å². The van der Waals surface area contributed by atoms with Gasteiger partial charge in [0.05, 0.1) is 6.42 Å². The van der Waals surface area contributed by atoms with Crippen molar-refractivity contribution in [3.05, 3.63) is 0 Å². The summed E-state index contributed by atoms with van der Waals surface area (Å²) in [5, 5.41) is 8.50. The summed E-state index contributed by atoms with van der Waals surface area (Å²) in [6.45, 7) is -6.75. The zero-order chi connectivity index (χ0) is 39.4. The number of hydrogen-bond donors (Lipinski definition) is 1. The molecule has 0 fully saturated rings. The first-order valence-electron chi connectivity index (χ1n) is 11.4. The maximum Gasteiger partial charge on any atom is 0.460 e. The summed E-state index contributed by atoms with van der Waals surface area (Å²) in [4.78, 5) is 9.93. The van der Waals surface area contributed by atoms with Crippen LogP contribution >= 0.6 is 0 Å². The molecule has 0 aromatic rings. The lowest BCUT2D eigenvalue weighted by molar-refractivity contribution is -0.440. The lowest BCUT2D eigenvalue weighted by Crippen LogP contribution is -2.70. The molecule has 0 aliphatic rings. The molecule has 3 nitrogen and oxygen atoms in total. The smallest absolute Gasteiger partial charge is 0.460 e. The molecule has 0 aliphatic heterocycles. The molecule has 288 valence electrons. The van der Waals surface area contributed by atoms with E-state index in [1.165, 1.54) is 0 Å². The van der Waals surface area contributed by atoms with Crippen molar-refractivity contribution in [1.82, 2.24) is 4.90 Å². The number of hydrogen-bond acceptors (Lipinski definition) is 2. The fraction of sp³-hybridized carbons (Fsp3) is 0.947. The second kappa shape index (κ2) is 12.7. The number of aliphatic carboxylic acids is 1. The van der Waals surface area contributed by atoms with Gasteiger partial charge in [-0.15, -0.1) is 0 Å². The average molecular weight is 781 g/mol. The summed E-state index contributed by atoms with van der Waals surface area (Å²) in [5.74, 6) is -82.0. The number of alkyl halides is 26. The molecule has 0 aliphatic carbocycles. The molecule has 0 aromatic heterocycles. The van der Waals surface area contributed by atoms with Crippen LogP contribution < -0.4 is 0 Å². The average Bonchev–Trinajstić information content (AvgIpc) is 2.85. The molecular weight excluding hydrogens is 768 g/mol. The quantitative estimate of drug-likeness (QED) is 0.150. The highest BCUT2D eigenvalue weighted by Crippen LogP contribution is 2.62. The SMILES string of the molecule is O=C(O)CCN(CCC(F)(F)C(F)(F)C(F)(F)C(F)(F)C(F)(F)C(F)(F)F)CCC(F)(F)C(F)(F)C(F)(F)C(F)(F)C(F)(F)C(F)(F)F. The van der Waals surface area contributed by atoms with Crippen LogP contribution in [-0.2, 0) is 4.79 Å². The number of carboxylic acids is 1.